The van der Waals surface area contributed by atoms with E-state index < -0.39 is 17.5 Å². The van der Waals surface area contributed by atoms with Crippen LogP contribution < -0.4 is 10.1 Å². The van der Waals surface area contributed by atoms with E-state index in [0.717, 1.165) is 32.0 Å². The zero-order valence-corrected chi connectivity index (χ0v) is 10.2. The Morgan fingerprint density at radius 1 is 1.22 bits per heavy atom. The number of rotatable bonds is 3. The maximum atomic E-state index is 13.9. The molecular weight excluding hydrogens is 243 g/mol. The molecule has 1 heterocycles. The van der Waals surface area contributed by atoms with Crippen LogP contribution in [0.15, 0.2) is 6.07 Å². The molecule has 0 spiro atoms. The van der Waals surface area contributed by atoms with Crippen LogP contribution in [0.5, 0.6) is 5.75 Å². The molecule has 0 radical (unpaired) electrons. The number of halogens is 3. The van der Waals surface area contributed by atoms with Gasteiger partial charge in [-0.3, -0.25) is 0 Å². The fraction of sp³-hybridized carbons (Fsp3) is 0.538. The van der Waals surface area contributed by atoms with Crippen molar-refractivity contribution in [3.05, 3.63) is 29.1 Å². The zero-order valence-electron chi connectivity index (χ0n) is 10.2. The highest BCUT2D eigenvalue weighted by Crippen LogP contribution is 2.29. The van der Waals surface area contributed by atoms with Gasteiger partial charge in [0.05, 0.1) is 7.11 Å². The third-order valence-electron chi connectivity index (χ3n) is 3.39. The molecule has 5 heteroatoms. The summed E-state index contributed by atoms with van der Waals surface area (Å²) in [4.78, 5) is 0. The van der Waals surface area contributed by atoms with Crippen LogP contribution in [-0.2, 0) is 6.42 Å². The maximum Gasteiger partial charge on any atom is 0.171 e. The lowest BCUT2D eigenvalue weighted by atomic mass is 9.90. The smallest absolute Gasteiger partial charge is 0.171 e. The molecule has 0 aromatic heterocycles. The van der Waals surface area contributed by atoms with Gasteiger partial charge < -0.3 is 10.1 Å². The lowest BCUT2D eigenvalue weighted by molar-refractivity contribution is 0.345. The van der Waals surface area contributed by atoms with E-state index >= 15 is 0 Å². The molecule has 0 amide bonds. The largest absolute Gasteiger partial charge is 0.494 e. The van der Waals surface area contributed by atoms with Crippen LogP contribution >= 0.6 is 0 Å². The quantitative estimate of drug-likeness (QED) is 0.843. The summed E-state index contributed by atoms with van der Waals surface area (Å²) in [6.07, 6.45) is 1.91. The monoisotopic (exact) mass is 259 g/mol. The van der Waals surface area contributed by atoms with Crippen LogP contribution in [0.2, 0.25) is 0 Å². The summed E-state index contributed by atoms with van der Waals surface area (Å²) >= 11 is 0. The van der Waals surface area contributed by atoms with Gasteiger partial charge in [0.25, 0.3) is 0 Å². The number of hydrogen-bond donors (Lipinski definition) is 1. The molecule has 0 atom stereocenters. The Morgan fingerprint density at radius 2 is 1.89 bits per heavy atom. The number of benzene rings is 1. The van der Waals surface area contributed by atoms with Crippen LogP contribution in [0.25, 0.3) is 0 Å². The molecule has 1 aliphatic rings. The molecule has 1 aromatic carbocycles. The van der Waals surface area contributed by atoms with E-state index in [2.05, 4.69) is 5.32 Å². The second-order valence-electron chi connectivity index (χ2n) is 4.56. The molecule has 1 fully saturated rings. The van der Waals surface area contributed by atoms with Crippen LogP contribution in [0, 0.1) is 23.4 Å². The van der Waals surface area contributed by atoms with Crippen molar-refractivity contribution in [3.63, 3.8) is 0 Å². The number of nitrogens with one attached hydrogen (secondary N) is 1. The number of hydrogen-bond acceptors (Lipinski definition) is 2. The Balaban J connectivity index is 2.27. The molecular formula is C13H16F3NO. The van der Waals surface area contributed by atoms with Crippen LogP contribution in [0.4, 0.5) is 13.2 Å². The molecule has 2 rings (SSSR count). The third kappa shape index (κ3) is 2.61. The predicted octanol–water partition coefficient (Wildman–Crippen LogP) is 2.65. The van der Waals surface area contributed by atoms with Gasteiger partial charge in [-0.25, -0.2) is 13.2 Å². The first-order valence-corrected chi connectivity index (χ1v) is 6.04. The Kier molecular flexibility index (Phi) is 4.11. The normalized spacial score (nSPS) is 16.9. The number of ether oxygens (including phenoxy) is 1. The van der Waals surface area contributed by atoms with Gasteiger partial charge >= 0.3 is 0 Å². The molecule has 2 nitrogen and oxygen atoms in total. The Labute approximate surface area is 104 Å². The first-order chi connectivity index (χ1) is 8.63. The van der Waals surface area contributed by atoms with Crippen molar-refractivity contribution < 1.29 is 17.9 Å². The molecule has 0 bridgehead atoms. The van der Waals surface area contributed by atoms with Crippen molar-refractivity contribution in [2.24, 2.45) is 5.92 Å². The summed E-state index contributed by atoms with van der Waals surface area (Å²) in [6, 6.07) is 0.747. The molecule has 1 saturated heterocycles. The molecule has 1 aliphatic heterocycles. The van der Waals surface area contributed by atoms with Gasteiger partial charge in [-0.05, 0) is 38.3 Å². The highest BCUT2D eigenvalue weighted by atomic mass is 19.2. The van der Waals surface area contributed by atoms with E-state index in [0.29, 0.717) is 0 Å². The molecule has 1 N–H and O–H groups in total. The second-order valence-corrected chi connectivity index (χ2v) is 4.56. The van der Waals surface area contributed by atoms with E-state index in [9.17, 15) is 13.2 Å². The minimum Gasteiger partial charge on any atom is -0.494 e. The van der Waals surface area contributed by atoms with Crippen molar-refractivity contribution in [2.75, 3.05) is 20.2 Å². The van der Waals surface area contributed by atoms with E-state index in [1.807, 2.05) is 0 Å². The molecule has 0 unspecified atom stereocenters. The summed E-state index contributed by atoms with van der Waals surface area (Å²) < 4.78 is 45.6. The SMILES string of the molecule is COc1cc(F)c(F)c(CC2CCNCC2)c1F. The highest BCUT2D eigenvalue weighted by molar-refractivity contribution is 5.33. The second kappa shape index (κ2) is 5.61. The lowest BCUT2D eigenvalue weighted by Crippen LogP contribution is -2.29. The minimum atomic E-state index is -1.09. The summed E-state index contributed by atoms with van der Waals surface area (Å²) in [5.41, 5.74) is -0.196. The average molecular weight is 259 g/mol. The molecule has 0 saturated carbocycles. The summed E-state index contributed by atoms with van der Waals surface area (Å²) in [5, 5.41) is 3.18. The van der Waals surface area contributed by atoms with Gasteiger partial charge in [-0.15, -0.1) is 0 Å². The van der Waals surface area contributed by atoms with Crippen molar-refractivity contribution in [2.45, 2.75) is 19.3 Å². The first kappa shape index (κ1) is 13.2. The fourth-order valence-electron chi connectivity index (χ4n) is 2.33. The summed E-state index contributed by atoms with van der Waals surface area (Å²) in [7, 11) is 1.24. The van der Waals surface area contributed by atoms with E-state index in [4.69, 9.17) is 4.74 Å². The minimum absolute atomic E-state index is 0.182. The van der Waals surface area contributed by atoms with Gasteiger partial charge in [-0.1, -0.05) is 0 Å². The van der Waals surface area contributed by atoms with Crippen molar-refractivity contribution in [1.82, 2.24) is 5.32 Å². The van der Waals surface area contributed by atoms with Gasteiger partial charge in [0.15, 0.2) is 23.2 Å². The highest BCUT2D eigenvalue weighted by Gasteiger charge is 2.23. The van der Waals surface area contributed by atoms with Crippen LogP contribution in [0.3, 0.4) is 0 Å². The van der Waals surface area contributed by atoms with E-state index in [1.54, 1.807) is 0 Å². The Hall–Kier alpha value is -1.23. The molecule has 18 heavy (non-hydrogen) atoms. The van der Waals surface area contributed by atoms with Crippen molar-refractivity contribution in [1.29, 1.82) is 0 Å². The molecule has 100 valence electrons. The number of methoxy groups -OCH3 is 1. The van der Waals surface area contributed by atoms with E-state index in [1.165, 1.54) is 7.11 Å². The van der Waals surface area contributed by atoms with Crippen molar-refractivity contribution >= 4 is 0 Å². The molecule has 1 aromatic rings. The standard InChI is InChI=1S/C13H16F3NO/c1-18-11-7-10(14)12(15)9(13(11)16)6-8-2-4-17-5-3-8/h7-8,17H,2-6H2,1H3. The lowest BCUT2D eigenvalue weighted by Gasteiger charge is -2.23. The third-order valence-corrected chi connectivity index (χ3v) is 3.39. The van der Waals surface area contributed by atoms with E-state index in [-0.39, 0.29) is 23.7 Å². The average Bonchev–Trinajstić information content (AvgIpc) is 2.40. The maximum absolute atomic E-state index is 13.9. The van der Waals surface area contributed by atoms with Crippen LogP contribution in [-0.4, -0.2) is 20.2 Å². The van der Waals surface area contributed by atoms with Gasteiger partial charge in [0.1, 0.15) is 0 Å². The summed E-state index contributed by atoms with van der Waals surface area (Å²) in [5.74, 6) is -2.99. The predicted molar refractivity (Wildman–Crippen MR) is 62.2 cm³/mol. The fourth-order valence-corrected chi connectivity index (χ4v) is 2.33. The van der Waals surface area contributed by atoms with Crippen LogP contribution in [0.1, 0.15) is 18.4 Å². The molecule has 0 aliphatic carbocycles. The Bertz CT molecular complexity index is 431. The van der Waals surface area contributed by atoms with Gasteiger partial charge in [-0.2, -0.15) is 0 Å². The number of piperidine rings is 1. The Morgan fingerprint density at radius 3 is 2.50 bits per heavy atom. The zero-order chi connectivity index (χ0) is 13.1. The van der Waals surface area contributed by atoms with Gasteiger partial charge in [0, 0.05) is 11.6 Å². The van der Waals surface area contributed by atoms with Gasteiger partial charge in [0.2, 0.25) is 0 Å². The summed E-state index contributed by atoms with van der Waals surface area (Å²) in [6.45, 7) is 1.67. The first-order valence-electron chi connectivity index (χ1n) is 6.04. The van der Waals surface area contributed by atoms with Crippen molar-refractivity contribution in [3.8, 4) is 5.75 Å². The topological polar surface area (TPSA) is 21.3 Å².